The second kappa shape index (κ2) is 6.98. The third kappa shape index (κ3) is 4.07. The molecule has 1 unspecified atom stereocenters. The van der Waals surface area contributed by atoms with Gasteiger partial charge in [0, 0.05) is 0 Å². The van der Waals surface area contributed by atoms with Crippen LogP contribution in [0.15, 0.2) is 24.3 Å². The smallest absolute Gasteiger partial charge is 0.337 e. The highest BCUT2D eigenvalue weighted by molar-refractivity contribution is 6.74. The van der Waals surface area contributed by atoms with Crippen molar-refractivity contribution in [1.29, 1.82) is 0 Å². The minimum Gasteiger partial charge on any atom is -0.465 e. The van der Waals surface area contributed by atoms with Gasteiger partial charge in [-0.25, -0.2) is 4.79 Å². The Morgan fingerprint density at radius 2 is 2.00 bits per heavy atom. The molecule has 0 radical (unpaired) electrons. The highest BCUT2D eigenvalue weighted by Crippen LogP contribution is 2.46. The van der Waals surface area contributed by atoms with Crippen molar-refractivity contribution in [2.75, 3.05) is 7.11 Å². The Hall–Kier alpha value is -1.17. The van der Waals surface area contributed by atoms with Crippen molar-refractivity contribution >= 4 is 14.3 Å². The lowest BCUT2D eigenvalue weighted by atomic mass is 10.0. The zero-order chi connectivity index (χ0) is 18.1. The number of epoxide rings is 1. The first kappa shape index (κ1) is 19.2. The topological polar surface area (TPSA) is 48.1 Å². The molecule has 24 heavy (non-hydrogen) atoms. The number of hydrogen-bond acceptors (Lipinski definition) is 4. The predicted molar refractivity (Wildman–Crippen MR) is 97.8 cm³/mol. The third-order valence-electron chi connectivity index (χ3n) is 5.18. The zero-order valence-electron chi connectivity index (χ0n) is 15.9. The van der Waals surface area contributed by atoms with Gasteiger partial charge in [-0.05, 0) is 42.2 Å². The van der Waals surface area contributed by atoms with Gasteiger partial charge in [0.15, 0.2) is 8.32 Å². The van der Waals surface area contributed by atoms with Gasteiger partial charge in [-0.2, -0.15) is 0 Å². The fraction of sp³-hybridized carbons (Fsp3) is 0.632. The Labute approximate surface area is 146 Å². The fourth-order valence-corrected chi connectivity index (χ4v) is 3.98. The molecule has 0 bridgehead atoms. The fourth-order valence-electron chi connectivity index (χ4n) is 2.57. The van der Waals surface area contributed by atoms with Crippen LogP contribution in [0.3, 0.4) is 0 Å². The van der Waals surface area contributed by atoms with Gasteiger partial charge in [0.2, 0.25) is 0 Å². The van der Waals surface area contributed by atoms with Crippen molar-refractivity contribution in [1.82, 2.24) is 0 Å². The summed E-state index contributed by atoms with van der Waals surface area (Å²) in [4.78, 5) is 11.7. The standard InChI is InChI=1S/C19H30O4Si/c1-8-15(23-24(6,7)19(2,3)4)17-16(22-17)13-10-9-11-14(12-13)18(20)21-5/h9-12,15-17H,8H2,1-7H3/t15?,16-,17-/m0/s1. The van der Waals surface area contributed by atoms with E-state index < -0.39 is 8.32 Å². The summed E-state index contributed by atoms with van der Waals surface area (Å²) >= 11 is 0. The number of carbonyl (C=O) groups is 1. The van der Waals surface area contributed by atoms with E-state index in [-0.39, 0.29) is 29.3 Å². The van der Waals surface area contributed by atoms with Crippen molar-refractivity contribution in [3.05, 3.63) is 35.4 Å². The lowest BCUT2D eigenvalue weighted by molar-refractivity contribution is 0.0600. The van der Waals surface area contributed by atoms with E-state index in [1.165, 1.54) is 7.11 Å². The summed E-state index contributed by atoms with van der Waals surface area (Å²) in [7, 11) is -0.437. The molecular weight excluding hydrogens is 320 g/mol. The van der Waals surface area contributed by atoms with Crippen LogP contribution in [0.4, 0.5) is 0 Å². The molecule has 0 amide bonds. The van der Waals surface area contributed by atoms with E-state index in [0.717, 1.165) is 12.0 Å². The van der Waals surface area contributed by atoms with Crippen molar-refractivity contribution in [3.63, 3.8) is 0 Å². The summed E-state index contributed by atoms with van der Waals surface area (Å²) in [6, 6.07) is 7.48. The van der Waals surface area contributed by atoms with Crippen molar-refractivity contribution in [2.24, 2.45) is 0 Å². The number of benzene rings is 1. The molecule has 2 rings (SSSR count). The molecule has 1 aromatic carbocycles. The molecule has 0 saturated carbocycles. The Morgan fingerprint density at radius 3 is 2.54 bits per heavy atom. The van der Waals surface area contributed by atoms with E-state index >= 15 is 0 Å². The summed E-state index contributed by atoms with van der Waals surface area (Å²) < 4.78 is 17.3. The summed E-state index contributed by atoms with van der Waals surface area (Å²) in [5.41, 5.74) is 1.57. The maximum Gasteiger partial charge on any atom is 0.337 e. The second-order valence-corrected chi connectivity index (χ2v) is 12.7. The molecule has 0 aromatic heterocycles. The monoisotopic (exact) mass is 350 g/mol. The van der Waals surface area contributed by atoms with Gasteiger partial charge < -0.3 is 13.9 Å². The average Bonchev–Trinajstić information content (AvgIpc) is 3.31. The lowest BCUT2D eigenvalue weighted by Gasteiger charge is -2.38. The second-order valence-electron chi connectivity index (χ2n) is 7.96. The maximum absolute atomic E-state index is 11.7. The molecule has 5 heteroatoms. The lowest BCUT2D eigenvalue weighted by Crippen LogP contribution is -2.45. The first-order chi connectivity index (χ1) is 11.1. The summed E-state index contributed by atoms with van der Waals surface area (Å²) in [5, 5.41) is 0.176. The maximum atomic E-state index is 11.7. The third-order valence-corrected chi connectivity index (χ3v) is 9.69. The zero-order valence-corrected chi connectivity index (χ0v) is 16.9. The van der Waals surface area contributed by atoms with E-state index in [1.807, 2.05) is 18.2 Å². The number of carbonyl (C=O) groups excluding carboxylic acids is 1. The molecule has 4 nitrogen and oxygen atoms in total. The van der Waals surface area contributed by atoms with Gasteiger partial charge in [0.05, 0.1) is 18.8 Å². The number of hydrogen-bond donors (Lipinski definition) is 0. The van der Waals surface area contributed by atoms with Gasteiger partial charge in [0.1, 0.15) is 12.2 Å². The molecule has 0 spiro atoms. The minimum absolute atomic E-state index is 0.00400. The largest absolute Gasteiger partial charge is 0.465 e. The highest BCUT2D eigenvalue weighted by Gasteiger charge is 2.49. The van der Waals surface area contributed by atoms with Crippen LogP contribution in [0.2, 0.25) is 18.1 Å². The van der Waals surface area contributed by atoms with Crippen LogP contribution in [-0.2, 0) is 13.9 Å². The molecule has 1 fully saturated rings. The first-order valence-corrected chi connectivity index (χ1v) is 11.5. The molecule has 134 valence electrons. The Bertz CT molecular complexity index is 591. The molecule has 0 aliphatic carbocycles. The van der Waals surface area contributed by atoms with Gasteiger partial charge in [0.25, 0.3) is 0 Å². The molecule has 1 aliphatic rings. The van der Waals surface area contributed by atoms with Crippen LogP contribution in [0.25, 0.3) is 0 Å². The van der Waals surface area contributed by atoms with Crippen molar-refractivity contribution in [3.8, 4) is 0 Å². The van der Waals surface area contributed by atoms with Gasteiger partial charge in [-0.3, -0.25) is 0 Å². The predicted octanol–water partition coefficient (Wildman–Crippen LogP) is 4.71. The number of ether oxygens (including phenoxy) is 2. The number of methoxy groups -OCH3 is 1. The molecule has 1 aliphatic heterocycles. The van der Waals surface area contributed by atoms with Crippen LogP contribution in [-0.4, -0.2) is 33.6 Å². The van der Waals surface area contributed by atoms with Crippen LogP contribution in [0.5, 0.6) is 0 Å². The van der Waals surface area contributed by atoms with Crippen molar-refractivity contribution < 1.29 is 18.7 Å². The van der Waals surface area contributed by atoms with Gasteiger partial charge in [-0.15, -0.1) is 0 Å². The first-order valence-electron chi connectivity index (χ1n) is 8.62. The summed E-state index contributed by atoms with van der Waals surface area (Å²) in [6.07, 6.45) is 1.09. The molecule has 1 aromatic rings. The molecular formula is C19H30O4Si. The Balaban J connectivity index is 2.09. The summed E-state index contributed by atoms with van der Waals surface area (Å²) in [6.45, 7) is 13.4. The summed E-state index contributed by atoms with van der Waals surface area (Å²) in [5.74, 6) is -0.321. The Morgan fingerprint density at radius 1 is 1.33 bits per heavy atom. The van der Waals surface area contributed by atoms with Gasteiger partial charge >= 0.3 is 5.97 Å². The van der Waals surface area contributed by atoms with Crippen LogP contribution < -0.4 is 0 Å². The van der Waals surface area contributed by atoms with E-state index in [1.54, 1.807) is 6.07 Å². The number of esters is 1. The van der Waals surface area contributed by atoms with E-state index in [2.05, 4.69) is 40.8 Å². The SMILES string of the molecule is CCC(O[Si](C)(C)C(C)(C)C)[C@@H]1O[C@H]1c1cccc(C(=O)OC)c1. The normalized spacial score (nSPS) is 22.1. The van der Waals surface area contributed by atoms with E-state index in [0.29, 0.717) is 5.56 Å². The van der Waals surface area contributed by atoms with Gasteiger partial charge in [-0.1, -0.05) is 39.8 Å². The van der Waals surface area contributed by atoms with Crippen LogP contribution in [0, 0.1) is 0 Å². The van der Waals surface area contributed by atoms with Crippen LogP contribution >= 0.6 is 0 Å². The van der Waals surface area contributed by atoms with E-state index in [4.69, 9.17) is 13.9 Å². The molecule has 0 N–H and O–H groups in total. The quantitative estimate of drug-likeness (QED) is 0.423. The van der Waals surface area contributed by atoms with Crippen LogP contribution in [0.1, 0.15) is 56.1 Å². The highest BCUT2D eigenvalue weighted by atomic mass is 28.4. The average molecular weight is 351 g/mol. The van der Waals surface area contributed by atoms with Crippen molar-refractivity contribution in [2.45, 2.75) is 70.6 Å². The minimum atomic E-state index is -1.83. The molecule has 3 atom stereocenters. The molecule has 1 saturated heterocycles. The number of rotatable bonds is 6. The van der Waals surface area contributed by atoms with E-state index in [9.17, 15) is 4.79 Å². The Kier molecular flexibility index (Phi) is 5.57. The molecule has 1 heterocycles.